The van der Waals surface area contributed by atoms with Crippen molar-refractivity contribution in [3.8, 4) is 17.2 Å². The van der Waals surface area contributed by atoms with E-state index < -0.39 is 0 Å². The van der Waals surface area contributed by atoms with Gasteiger partial charge in [0.1, 0.15) is 17.6 Å². The Balaban J connectivity index is 1.38. The second kappa shape index (κ2) is 7.95. The number of aromatic nitrogens is 1. The van der Waals surface area contributed by atoms with Gasteiger partial charge < -0.3 is 14.2 Å². The number of fused-ring (bicyclic) bond motifs is 2. The van der Waals surface area contributed by atoms with Crippen LogP contribution in [0.15, 0.2) is 65.6 Å². The summed E-state index contributed by atoms with van der Waals surface area (Å²) in [4.78, 5) is 23.9. The van der Waals surface area contributed by atoms with E-state index in [1.165, 1.54) is 7.11 Å². The molecule has 0 bridgehead atoms. The predicted molar refractivity (Wildman–Crippen MR) is 115 cm³/mol. The molecule has 2 aliphatic rings. The molecule has 0 amide bonds. The van der Waals surface area contributed by atoms with Crippen LogP contribution >= 0.6 is 0 Å². The van der Waals surface area contributed by atoms with Gasteiger partial charge in [-0.3, -0.25) is 14.2 Å². The minimum atomic E-state index is -0.238. The molecule has 0 spiro atoms. The van der Waals surface area contributed by atoms with Gasteiger partial charge in [0, 0.05) is 29.8 Å². The van der Waals surface area contributed by atoms with Crippen LogP contribution in [0.2, 0.25) is 0 Å². The zero-order valence-electron chi connectivity index (χ0n) is 17.2. The van der Waals surface area contributed by atoms with Gasteiger partial charge in [0.2, 0.25) is 0 Å². The molecule has 6 heteroatoms. The van der Waals surface area contributed by atoms with Crippen LogP contribution < -0.4 is 15.0 Å². The fraction of sp³-hybridized carbons (Fsp3) is 0.280. The normalized spacial score (nSPS) is 18.7. The van der Waals surface area contributed by atoms with E-state index >= 15 is 0 Å². The summed E-state index contributed by atoms with van der Waals surface area (Å²) >= 11 is 0. The molecule has 5 rings (SSSR count). The number of ether oxygens (including phenoxy) is 3. The monoisotopic (exact) mass is 417 g/mol. The lowest BCUT2D eigenvalue weighted by Gasteiger charge is -2.17. The van der Waals surface area contributed by atoms with Gasteiger partial charge in [0.05, 0.1) is 25.8 Å². The van der Waals surface area contributed by atoms with Crippen molar-refractivity contribution in [2.24, 2.45) is 0 Å². The molecule has 31 heavy (non-hydrogen) atoms. The lowest BCUT2D eigenvalue weighted by molar-refractivity contribution is -0.141. The molecule has 0 fully saturated rings. The number of methoxy groups -OCH3 is 1. The van der Waals surface area contributed by atoms with Crippen LogP contribution in [-0.2, 0) is 16.0 Å². The van der Waals surface area contributed by atoms with E-state index in [9.17, 15) is 9.59 Å². The Kier molecular flexibility index (Phi) is 4.98. The van der Waals surface area contributed by atoms with Crippen molar-refractivity contribution in [3.05, 3.63) is 87.8 Å². The van der Waals surface area contributed by atoms with Crippen LogP contribution in [0.25, 0.3) is 5.69 Å². The summed E-state index contributed by atoms with van der Waals surface area (Å²) < 4.78 is 18.6. The van der Waals surface area contributed by atoms with E-state index in [4.69, 9.17) is 14.2 Å². The number of rotatable bonds is 5. The van der Waals surface area contributed by atoms with E-state index in [1.807, 2.05) is 36.4 Å². The quantitative estimate of drug-likeness (QED) is 0.588. The first-order valence-electron chi connectivity index (χ1n) is 10.4. The Morgan fingerprint density at radius 1 is 1.13 bits per heavy atom. The van der Waals surface area contributed by atoms with Crippen LogP contribution in [0.3, 0.4) is 0 Å². The summed E-state index contributed by atoms with van der Waals surface area (Å²) in [5.41, 5.74) is 4.14. The molecule has 0 saturated heterocycles. The number of benzene rings is 2. The minimum Gasteiger partial charge on any atom is -0.492 e. The molecule has 2 atom stereocenters. The highest BCUT2D eigenvalue weighted by Gasteiger charge is 2.29. The van der Waals surface area contributed by atoms with Crippen molar-refractivity contribution < 1.29 is 19.0 Å². The van der Waals surface area contributed by atoms with Gasteiger partial charge in [-0.2, -0.15) is 0 Å². The van der Waals surface area contributed by atoms with Gasteiger partial charge >= 0.3 is 5.97 Å². The largest absolute Gasteiger partial charge is 0.492 e. The SMILES string of the molecule is COC(=O)CC1COc2cc(OC3CCc4c3cccc4-n3ccccc3=O)ccc21. The summed E-state index contributed by atoms with van der Waals surface area (Å²) in [7, 11) is 1.40. The molecule has 0 saturated carbocycles. The first kappa shape index (κ1) is 19.4. The number of pyridine rings is 1. The van der Waals surface area contributed by atoms with Gasteiger partial charge in [-0.05, 0) is 42.2 Å². The highest BCUT2D eigenvalue weighted by Crippen LogP contribution is 2.41. The van der Waals surface area contributed by atoms with Gasteiger partial charge in [-0.1, -0.05) is 24.3 Å². The van der Waals surface area contributed by atoms with E-state index in [-0.39, 0.29) is 23.6 Å². The highest BCUT2D eigenvalue weighted by molar-refractivity contribution is 5.71. The van der Waals surface area contributed by atoms with Crippen molar-refractivity contribution in [2.75, 3.05) is 13.7 Å². The molecule has 1 aromatic heterocycles. The van der Waals surface area contributed by atoms with Gasteiger partial charge in [-0.15, -0.1) is 0 Å². The van der Waals surface area contributed by atoms with Crippen LogP contribution in [0.4, 0.5) is 0 Å². The molecule has 3 aromatic rings. The summed E-state index contributed by atoms with van der Waals surface area (Å²) in [6, 6.07) is 17.0. The van der Waals surface area contributed by atoms with Gasteiger partial charge in [-0.25, -0.2) is 0 Å². The second-order valence-corrected chi connectivity index (χ2v) is 7.89. The topological polar surface area (TPSA) is 66.8 Å². The van der Waals surface area contributed by atoms with Gasteiger partial charge in [0.15, 0.2) is 0 Å². The number of carbonyl (C=O) groups excluding carboxylic acids is 1. The fourth-order valence-electron chi connectivity index (χ4n) is 4.52. The Morgan fingerprint density at radius 2 is 2.03 bits per heavy atom. The third kappa shape index (κ3) is 3.58. The van der Waals surface area contributed by atoms with E-state index in [1.54, 1.807) is 22.9 Å². The van der Waals surface area contributed by atoms with Crippen LogP contribution in [0.1, 0.15) is 41.6 Å². The average molecular weight is 417 g/mol. The Labute approximate surface area is 180 Å². The Bertz CT molecular complexity index is 1200. The molecular formula is C25H23NO5. The number of hydrogen-bond acceptors (Lipinski definition) is 5. The van der Waals surface area contributed by atoms with Crippen molar-refractivity contribution >= 4 is 5.97 Å². The lowest BCUT2D eigenvalue weighted by Crippen LogP contribution is -2.17. The van der Waals surface area contributed by atoms with Crippen molar-refractivity contribution in [1.29, 1.82) is 0 Å². The summed E-state index contributed by atoms with van der Waals surface area (Å²) in [5, 5.41) is 0. The zero-order valence-corrected chi connectivity index (χ0v) is 17.2. The van der Waals surface area contributed by atoms with E-state index in [0.29, 0.717) is 13.0 Å². The van der Waals surface area contributed by atoms with Crippen LogP contribution in [-0.4, -0.2) is 24.3 Å². The van der Waals surface area contributed by atoms with Crippen LogP contribution in [0.5, 0.6) is 11.5 Å². The number of esters is 1. The predicted octanol–water partition coefficient (Wildman–Crippen LogP) is 3.94. The van der Waals surface area contributed by atoms with Crippen molar-refractivity contribution in [1.82, 2.24) is 4.57 Å². The van der Waals surface area contributed by atoms with Crippen molar-refractivity contribution in [2.45, 2.75) is 31.3 Å². The molecule has 2 unspecified atom stereocenters. The molecule has 2 aromatic carbocycles. The number of hydrogen-bond donors (Lipinski definition) is 0. The first-order chi connectivity index (χ1) is 15.1. The van der Waals surface area contributed by atoms with Crippen molar-refractivity contribution in [3.63, 3.8) is 0 Å². The maximum Gasteiger partial charge on any atom is 0.306 e. The zero-order chi connectivity index (χ0) is 21.4. The number of carbonyl (C=O) groups is 1. The molecule has 1 aliphatic carbocycles. The smallest absolute Gasteiger partial charge is 0.306 e. The molecule has 2 heterocycles. The van der Waals surface area contributed by atoms with Gasteiger partial charge in [0.25, 0.3) is 5.56 Å². The third-order valence-corrected chi connectivity index (χ3v) is 6.06. The lowest BCUT2D eigenvalue weighted by atomic mass is 9.98. The van der Waals surface area contributed by atoms with E-state index in [2.05, 4.69) is 6.07 Å². The molecule has 0 radical (unpaired) electrons. The maximum atomic E-state index is 12.3. The third-order valence-electron chi connectivity index (χ3n) is 6.06. The molecule has 158 valence electrons. The summed E-state index contributed by atoms with van der Waals surface area (Å²) in [5.74, 6) is 1.26. The molecule has 6 nitrogen and oxygen atoms in total. The van der Waals surface area contributed by atoms with Crippen LogP contribution in [0, 0.1) is 0 Å². The fourth-order valence-corrected chi connectivity index (χ4v) is 4.52. The highest BCUT2D eigenvalue weighted by atomic mass is 16.5. The standard InChI is InChI=1S/C25H23NO5/c1-29-25(28)13-16-15-30-23-14-17(8-9-18(16)23)31-22-11-10-19-20(22)5-4-6-21(19)26-12-3-2-7-24(26)27/h2-9,12,14,16,22H,10-11,13,15H2,1H3. The Morgan fingerprint density at radius 3 is 2.87 bits per heavy atom. The second-order valence-electron chi connectivity index (χ2n) is 7.89. The molecule has 1 aliphatic heterocycles. The summed E-state index contributed by atoms with van der Waals surface area (Å²) in [6.45, 7) is 0.468. The molecule has 0 N–H and O–H groups in total. The minimum absolute atomic E-state index is 0.00967. The summed E-state index contributed by atoms with van der Waals surface area (Å²) in [6.07, 6.45) is 3.72. The average Bonchev–Trinajstić information content (AvgIpc) is 3.38. The number of nitrogens with zero attached hydrogens (tertiary/aromatic N) is 1. The van der Waals surface area contributed by atoms with E-state index in [0.717, 1.165) is 46.7 Å². The Hall–Kier alpha value is -3.54. The first-order valence-corrected chi connectivity index (χ1v) is 10.4. The molecular weight excluding hydrogens is 394 g/mol. The maximum absolute atomic E-state index is 12.3.